The van der Waals surface area contributed by atoms with Gasteiger partial charge in [0.2, 0.25) is 16.6 Å². The van der Waals surface area contributed by atoms with Gasteiger partial charge >= 0.3 is 8.56 Å². The Balaban J connectivity index is 2.82. The lowest BCUT2D eigenvalue weighted by Crippen LogP contribution is -2.71. The van der Waals surface area contributed by atoms with Gasteiger partial charge in [-0.1, -0.05) is 99.8 Å². The van der Waals surface area contributed by atoms with Gasteiger partial charge in [-0.25, -0.2) is 0 Å². The van der Waals surface area contributed by atoms with Crippen molar-refractivity contribution in [3.63, 3.8) is 0 Å². The summed E-state index contributed by atoms with van der Waals surface area (Å²) < 4.78 is 14.7. The molecule has 156 valence electrons. The summed E-state index contributed by atoms with van der Waals surface area (Å²) in [5.41, 5.74) is 4.22. The first-order valence-corrected chi connectivity index (χ1v) is 17.4. The van der Waals surface area contributed by atoms with Crippen molar-refractivity contribution < 1.29 is 8.23 Å². The van der Waals surface area contributed by atoms with E-state index in [0.717, 1.165) is 24.2 Å². The summed E-state index contributed by atoms with van der Waals surface area (Å²) in [5, 5.41) is 2.35. The van der Waals surface area contributed by atoms with E-state index in [-0.39, 0.29) is 0 Å². The second-order valence-electron chi connectivity index (χ2n) is 7.50. The molecule has 0 unspecified atom stereocenters. The molecule has 2 aromatic carbocycles. The fourth-order valence-electron chi connectivity index (χ4n) is 3.76. The van der Waals surface area contributed by atoms with Crippen LogP contribution in [0.4, 0.5) is 0 Å². The summed E-state index contributed by atoms with van der Waals surface area (Å²) in [6, 6.07) is 25.2. The van der Waals surface area contributed by atoms with Crippen molar-refractivity contribution in [1.82, 2.24) is 0 Å². The molecule has 0 amide bonds. The molecule has 2 rings (SSSR count). The molecule has 2 nitrogen and oxygen atoms in total. The predicted octanol–water partition coefficient (Wildman–Crippen LogP) is 5.70. The van der Waals surface area contributed by atoms with E-state index >= 15 is 0 Å². The topological polar surface area (TPSA) is 18.5 Å². The maximum atomic E-state index is 7.33. The highest BCUT2D eigenvalue weighted by molar-refractivity contribution is 7.04. The van der Waals surface area contributed by atoms with Crippen molar-refractivity contribution in [3.8, 4) is 0 Å². The van der Waals surface area contributed by atoms with Crippen LogP contribution in [0.5, 0.6) is 0 Å². The van der Waals surface area contributed by atoms with Crippen molar-refractivity contribution in [1.29, 1.82) is 0 Å². The molecular formula is C24H36O2Si3. The summed E-state index contributed by atoms with van der Waals surface area (Å²) in [5.74, 6) is 0. The molecule has 0 atom stereocenters. The van der Waals surface area contributed by atoms with Gasteiger partial charge in [0.05, 0.1) is 0 Å². The summed E-state index contributed by atoms with van der Waals surface area (Å²) in [4.78, 5) is 0. The molecule has 29 heavy (non-hydrogen) atoms. The molecule has 0 fully saturated rings. The van der Waals surface area contributed by atoms with Crippen LogP contribution in [0.3, 0.4) is 0 Å². The van der Waals surface area contributed by atoms with E-state index in [1.165, 1.54) is 10.4 Å². The minimum Gasteiger partial charge on any atom is -0.426 e. The molecule has 0 aliphatic heterocycles. The highest BCUT2D eigenvalue weighted by Crippen LogP contribution is 2.29. The van der Waals surface area contributed by atoms with Gasteiger partial charge in [-0.05, 0) is 34.5 Å². The quantitative estimate of drug-likeness (QED) is 0.394. The van der Waals surface area contributed by atoms with E-state index in [1.807, 2.05) is 0 Å². The molecule has 0 aliphatic rings. The molecule has 0 saturated heterocycles. The molecule has 5 heteroatoms. The van der Waals surface area contributed by atoms with E-state index < -0.39 is 25.2 Å². The Labute approximate surface area is 180 Å². The molecule has 0 radical (unpaired) electrons. The average molecular weight is 441 g/mol. The van der Waals surface area contributed by atoms with Crippen molar-refractivity contribution in [2.45, 2.75) is 51.9 Å². The first-order valence-electron chi connectivity index (χ1n) is 10.8. The Hall–Kier alpha value is -1.51. The molecule has 0 spiro atoms. The fourth-order valence-corrected chi connectivity index (χ4v) is 17.5. The van der Waals surface area contributed by atoms with Crippen LogP contribution in [0.25, 0.3) is 0 Å². The van der Waals surface area contributed by atoms with Crippen LogP contribution >= 0.6 is 0 Å². The first-order chi connectivity index (χ1) is 14.0. The highest BCUT2D eigenvalue weighted by Gasteiger charge is 2.52. The van der Waals surface area contributed by atoms with Crippen molar-refractivity contribution >= 4 is 35.6 Å². The standard InChI is InChI=1S/C24H36O2Si3/c1-7-27(8-2,9-3)25-29(23-19-15-13-16-20-23,24-21-17-14-18-22-24)26-28(10-4,11-5)12-6/h7,10,13-22H,1,4,8-9,11-12H2,2-3,5-6H3. The third-order valence-corrected chi connectivity index (χ3v) is 20.2. The fraction of sp³-hybridized carbons (Fsp3) is 0.333. The summed E-state index contributed by atoms with van der Waals surface area (Å²) >= 11 is 0. The van der Waals surface area contributed by atoms with E-state index in [1.54, 1.807) is 0 Å². The third kappa shape index (κ3) is 4.98. The molecular weight excluding hydrogens is 405 g/mol. The van der Waals surface area contributed by atoms with Crippen LogP contribution in [0, 0.1) is 0 Å². The lowest BCUT2D eigenvalue weighted by Gasteiger charge is -2.44. The number of benzene rings is 2. The van der Waals surface area contributed by atoms with Crippen LogP contribution in [0.15, 0.2) is 85.2 Å². The smallest absolute Gasteiger partial charge is 0.386 e. The maximum absolute atomic E-state index is 7.33. The van der Waals surface area contributed by atoms with Gasteiger partial charge in [0.25, 0.3) is 0 Å². The summed E-state index contributed by atoms with van der Waals surface area (Å²) in [6.07, 6.45) is 0. The number of rotatable bonds is 12. The second kappa shape index (κ2) is 10.5. The number of hydrogen-bond acceptors (Lipinski definition) is 2. The Morgan fingerprint density at radius 2 is 0.931 bits per heavy atom. The lowest BCUT2D eigenvalue weighted by molar-refractivity contribution is 0.406. The molecule has 0 aromatic heterocycles. The van der Waals surface area contributed by atoms with Gasteiger partial charge in [-0.15, -0.1) is 13.2 Å². The minimum absolute atomic E-state index is 0.992. The average Bonchev–Trinajstić information content (AvgIpc) is 2.81. The molecule has 0 N–H and O–H groups in total. The molecule has 0 heterocycles. The molecule has 0 saturated carbocycles. The summed E-state index contributed by atoms with van der Waals surface area (Å²) in [7, 11) is -7.30. The molecule has 0 bridgehead atoms. The Bertz CT molecular complexity index is 702. The van der Waals surface area contributed by atoms with Crippen molar-refractivity contribution in [3.05, 3.63) is 85.2 Å². The Morgan fingerprint density at radius 1 is 0.621 bits per heavy atom. The largest absolute Gasteiger partial charge is 0.426 e. The van der Waals surface area contributed by atoms with Gasteiger partial charge in [-0.3, -0.25) is 0 Å². The molecule has 2 aromatic rings. The van der Waals surface area contributed by atoms with Gasteiger partial charge in [0, 0.05) is 0 Å². The third-order valence-electron chi connectivity index (χ3n) is 6.14. The van der Waals surface area contributed by atoms with E-state index in [0.29, 0.717) is 0 Å². The maximum Gasteiger partial charge on any atom is 0.386 e. The van der Waals surface area contributed by atoms with Crippen LogP contribution in [-0.2, 0) is 8.23 Å². The highest BCUT2D eigenvalue weighted by atomic mass is 28.5. The normalized spacial score (nSPS) is 12.6. The van der Waals surface area contributed by atoms with Gasteiger partial charge in [-0.2, -0.15) is 0 Å². The summed E-state index contributed by atoms with van der Waals surface area (Å²) in [6.45, 7) is 17.3. The van der Waals surface area contributed by atoms with Crippen LogP contribution in [0.1, 0.15) is 27.7 Å². The van der Waals surface area contributed by atoms with Crippen molar-refractivity contribution in [2.24, 2.45) is 0 Å². The second-order valence-corrected chi connectivity index (χ2v) is 19.4. The Kier molecular flexibility index (Phi) is 8.60. The zero-order valence-electron chi connectivity index (χ0n) is 18.5. The SMILES string of the molecule is C=C[Si](CC)(CC)O[Si](O[Si](C=C)(CC)CC)(c1ccccc1)c1ccccc1. The van der Waals surface area contributed by atoms with Crippen LogP contribution in [0.2, 0.25) is 24.2 Å². The monoisotopic (exact) mass is 440 g/mol. The number of hydrogen-bond donors (Lipinski definition) is 0. The van der Waals surface area contributed by atoms with E-state index in [9.17, 15) is 0 Å². The lowest BCUT2D eigenvalue weighted by atomic mass is 10.4. The zero-order valence-corrected chi connectivity index (χ0v) is 21.5. The van der Waals surface area contributed by atoms with Gasteiger partial charge in [0.15, 0.2) is 0 Å². The first kappa shape index (κ1) is 23.8. The van der Waals surface area contributed by atoms with Gasteiger partial charge < -0.3 is 8.23 Å². The van der Waals surface area contributed by atoms with Crippen molar-refractivity contribution in [2.75, 3.05) is 0 Å². The van der Waals surface area contributed by atoms with Crippen LogP contribution in [-0.4, -0.2) is 25.2 Å². The van der Waals surface area contributed by atoms with Gasteiger partial charge in [0.1, 0.15) is 0 Å². The predicted molar refractivity (Wildman–Crippen MR) is 134 cm³/mol. The minimum atomic E-state index is -2.96. The Morgan fingerprint density at radius 3 is 1.17 bits per heavy atom. The van der Waals surface area contributed by atoms with E-state index in [4.69, 9.17) is 8.23 Å². The van der Waals surface area contributed by atoms with E-state index in [2.05, 4.69) is 113 Å². The zero-order chi connectivity index (χ0) is 21.4. The van der Waals surface area contributed by atoms with Crippen LogP contribution < -0.4 is 10.4 Å². The molecule has 0 aliphatic carbocycles.